The van der Waals surface area contributed by atoms with Crippen LogP contribution in [0.4, 0.5) is 0 Å². The molecule has 1 saturated heterocycles. The summed E-state index contributed by atoms with van der Waals surface area (Å²) in [4.78, 5) is 25.4. The van der Waals surface area contributed by atoms with Crippen LogP contribution in [-0.2, 0) is 9.53 Å². The molecule has 0 aliphatic carbocycles. The van der Waals surface area contributed by atoms with Crippen molar-refractivity contribution in [2.24, 2.45) is 0 Å². The summed E-state index contributed by atoms with van der Waals surface area (Å²) in [6.45, 7) is 1.53. The maximum Gasteiger partial charge on any atom is 0.252 e. The van der Waals surface area contributed by atoms with Gasteiger partial charge in [-0.25, -0.2) is 0 Å². The molecule has 1 aliphatic heterocycles. The van der Waals surface area contributed by atoms with Crippen molar-refractivity contribution in [2.75, 3.05) is 32.9 Å². The second-order valence-electron chi connectivity index (χ2n) is 4.52. The molecule has 0 bridgehead atoms. The first-order chi connectivity index (χ1) is 9.72. The Kier molecular flexibility index (Phi) is 5.51. The van der Waals surface area contributed by atoms with Gasteiger partial charge in [0.1, 0.15) is 0 Å². The molecule has 2 N–H and O–H groups in total. The predicted octanol–water partition coefficient (Wildman–Crippen LogP) is 0.0877. The Morgan fingerprint density at radius 1 is 1.55 bits per heavy atom. The highest BCUT2D eigenvalue weighted by molar-refractivity contribution is 7.08. The Balaban J connectivity index is 1.75. The van der Waals surface area contributed by atoms with Crippen LogP contribution in [0.1, 0.15) is 16.8 Å². The van der Waals surface area contributed by atoms with Crippen LogP contribution in [0.2, 0.25) is 0 Å². The van der Waals surface area contributed by atoms with Crippen molar-refractivity contribution in [1.29, 1.82) is 0 Å². The summed E-state index contributed by atoms with van der Waals surface area (Å²) in [5.74, 6) is -0.238. The minimum absolute atomic E-state index is 0.0713. The smallest absolute Gasteiger partial charge is 0.252 e. The number of hydrogen-bond acceptors (Lipinski definition) is 5. The number of morpholine rings is 1. The monoisotopic (exact) mass is 298 g/mol. The van der Waals surface area contributed by atoms with Gasteiger partial charge < -0.3 is 20.1 Å². The molecule has 20 heavy (non-hydrogen) atoms. The predicted molar refractivity (Wildman–Crippen MR) is 74.7 cm³/mol. The van der Waals surface area contributed by atoms with Crippen LogP contribution in [0.3, 0.4) is 0 Å². The number of thiophene rings is 1. The zero-order valence-corrected chi connectivity index (χ0v) is 11.9. The summed E-state index contributed by atoms with van der Waals surface area (Å²) in [6.07, 6.45) is 0.229. The van der Waals surface area contributed by atoms with Crippen LogP contribution in [0, 0.1) is 0 Å². The molecule has 1 aromatic heterocycles. The first-order valence-electron chi connectivity index (χ1n) is 6.51. The van der Waals surface area contributed by atoms with Gasteiger partial charge in [-0.2, -0.15) is 11.3 Å². The van der Waals surface area contributed by atoms with Gasteiger partial charge in [0, 0.05) is 30.5 Å². The van der Waals surface area contributed by atoms with E-state index >= 15 is 0 Å². The number of ether oxygens (including phenoxy) is 1. The van der Waals surface area contributed by atoms with E-state index in [4.69, 9.17) is 4.74 Å². The average Bonchev–Trinajstić information content (AvgIpc) is 3.01. The van der Waals surface area contributed by atoms with Gasteiger partial charge in [0.05, 0.1) is 25.9 Å². The summed E-state index contributed by atoms with van der Waals surface area (Å²) < 4.78 is 5.22. The standard InChI is InChI=1S/C13H18N2O4S/c16-7-11-8-19-5-4-15(11)12(17)1-3-14-13(18)10-2-6-20-9-10/h2,6,9,11,16H,1,3-5,7-8H2,(H,14,18). The van der Waals surface area contributed by atoms with Crippen molar-refractivity contribution in [3.63, 3.8) is 0 Å². The topological polar surface area (TPSA) is 78.9 Å². The Labute approximate surface area is 121 Å². The van der Waals surface area contributed by atoms with E-state index in [-0.39, 0.29) is 30.9 Å². The number of rotatable bonds is 5. The zero-order chi connectivity index (χ0) is 14.4. The lowest BCUT2D eigenvalue weighted by molar-refractivity contribution is -0.141. The molecule has 2 amide bonds. The molecule has 0 spiro atoms. The third-order valence-electron chi connectivity index (χ3n) is 3.17. The number of nitrogens with zero attached hydrogens (tertiary/aromatic N) is 1. The quantitative estimate of drug-likeness (QED) is 0.807. The highest BCUT2D eigenvalue weighted by Crippen LogP contribution is 2.08. The highest BCUT2D eigenvalue weighted by atomic mass is 32.1. The van der Waals surface area contributed by atoms with E-state index < -0.39 is 0 Å². The van der Waals surface area contributed by atoms with E-state index in [0.717, 1.165) is 0 Å². The van der Waals surface area contributed by atoms with Gasteiger partial charge in [-0.1, -0.05) is 0 Å². The van der Waals surface area contributed by atoms with Gasteiger partial charge in [0.2, 0.25) is 5.91 Å². The molecule has 0 saturated carbocycles. The molecular weight excluding hydrogens is 280 g/mol. The number of aliphatic hydroxyl groups is 1. The molecule has 2 heterocycles. The number of amides is 2. The fourth-order valence-corrected chi connectivity index (χ4v) is 2.69. The number of carbonyl (C=O) groups is 2. The number of hydrogen-bond donors (Lipinski definition) is 2. The van der Waals surface area contributed by atoms with Crippen molar-refractivity contribution in [1.82, 2.24) is 10.2 Å². The Hall–Kier alpha value is -1.44. The van der Waals surface area contributed by atoms with Crippen LogP contribution in [0.25, 0.3) is 0 Å². The maximum absolute atomic E-state index is 12.0. The molecule has 1 fully saturated rings. The lowest BCUT2D eigenvalue weighted by Gasteiger charge is -2.34. The van der Waals surface area contributed by atoms with E-state index in [2.05, 4.69) is 5.32 Å². The fraction of sp³-hybridized carbons (Fsp3) is 0.538. The number of nitrogens with one attached hydrogen (secondary N) is 1. The summed E-state index contributed by atoms with van der Waals surface area (Å²) in [6, 6.07) is 1.47. The van der Waals surface area contributed by atoms with E-state index in [1.807, 2.05) is 5.38 Å². The first kappa shape index (κ1) is 15.0. The molecule has 1 aliphatic rings. The van der Waals surface area contributed by atoms with E-state index in [0.29, 0.717) is 31.9 Å². The van der Waals surface area contributed by atoms with E-state index in [1.165, 1.54) is 11.3 Å². The van der Waals surface area contributed by atoms with Crippen molar-refractivity contribution in [2.45, 2.75) is 12.5 Å². The van der Waals surface area contributed by atoms with Gasteiger partial charge in [-0.05, 0) is 11.4 Å². The van der Waals surface area contributed by atoms with Gasteiger partial charge in [0.25, 0.3) is 5.91 Å². The fourth-order valence-electron chi connectivity index (χ4n) is 2.06. The molecule has 0 aromatic carbocycles. The molecule has 6 nitrogen and oxygen atoms in total. The van der Waals surface area contributed by atoms with Gasteiger partial charge in [0.15, 0.2) is 0 Å². The van der Waals surface area contributed by atoms with Crippen molar-refractivity contribution in [3.05, 3.63) is 22.4 Å². The van der Waals surface area contributed by atoms with Gasteiger partial charge >= 0.3 is 0 Å². The molecule has 1 unspecified atom stereocenters. The summed E-state index contributed by atoms with van der Waals surface area (Å²) >= 11 is 1.46. The lowest BCUT2D eigenvalue weighted by Crippen LogP contribution is -2.51. The minimum atomic E-state index is -0.274. The van der Waals surface area contributed by atoms with Crippen LogP contribution in [-0.4, -0.2) is 60.8 Å². The summed E-state index contributed by atoms with van der Waals surface area (Å²) in [5.41, 5.74) is 0.613. The molecular formula is C13H18N2O4S. The molecule has 2 rings (SSSR count). The zero-order valence-electron chi connectivity index (χ0n) is 11.1. The minimum Gasteiger partial charge on any atom is -0.394 e. The summed E-state index contributed by atoms with van der Waals surface area (Å²) in [7, 11) is 0. The second kappa shape index (κ2) is 7.37. The van der Waals surface area contributed by atoms with Gasteiger partial charge in [-0.3, -0.25) is 9.59 Å². The SMILES string of the molecule is O=C(NCCC(=O)N1CCOCC1CO)c1ccsc1. The Morgan fingerprint density at radius 2 is 2.40 bits per heavy atom. The van der Waals surface area contributed by atoms with Gasteiger partial charge in [-0.15, -0.1) is 0 Å². The van der Waals surface area contributed by atoms with E-state index in [1.54, 1.807) is 16.3 Å². The third kappa shape index (κ3) is 3.78. The number of aliphatic hydroxyl groups excluding tert-OH is 1. The van der Waals surface area contributed by atoms with Crippen LogP contribution < -0.4 is 5.32 Å². The molecule has 110 valence electrons. The highest BCUT2D eigenvalue weighted by Gasteiger charge is 2.26. The molecule has 7 heteroatoms. The van der Waals surface area contributed by atoms with E-state index in [9.17, 15) is 14.7 Å². The Bertz CT molecular complexity index is 449. The van der Waals surface area contributed by atoms with Crippen molar-refractivity contribution in [3.8, 4) is 0 Å². The largest absolute Gasteiger partial charge is 0.394 e. The van der Waals surface area contributed by atoms with Crippen LogP contribution in [0.15, 0.2) is 16.8 Å². The molecule has 0 radical (unpaired) electrons. The Morgan fingerprint density at radius 3 is 3.10 bits per heavy atom. The number of carbonyl (C=O) groups excluding carboxylic acids is 2. The third-order valence-corrected chi connectivity index (χ3v) is 3.85. The first-order valence-corrected chi connectivity index (χ1v) is 7.45. The maximum atomic E-state index is 12.0. The van der Waals surface area contributed by atoms with Crippen LogP contribution in [0.5, 0.6) is 0 Å². The van der Waals surface area contributed by atoms with Crippen molar-refractivity contribution < 1.29 is 19.4 Å². The summed E-state index contributed by atoms with van der Waals surface area (Å²) in [5, 5.41) is 15.5. The van der Waals surface area contributed by atoms with Crippen molar-refractivity contribution >= 4 is 23.2 Å². The second-order valence-corrected chi connectivity index (χ2v) is 5.30. The molecule has 1 aromatic rings. The molecule has 1 atom stereocenters. The van der Waals surface area contributed by atoms with Crippen LogP contribution >= 0.6 is 11.3 Å². The normalized spacial score (nSPS) is 18.9. The average molecular weight is 298 g/mol. The lowest BCUT2D eigenvalue weighted by atomic mass is 10.2.